The fraction of sp³-hybridized carbons (Fsp3) is 0.778. The molecule has 3 N–H and O–H groups in total. The standard InChI is InChI=1S/C27H44O3/c1-18(8-6-14-26(3,4)30)23-12-13-24-20(9-7-15-27(23,24)5)10-11-21-16-22(28)17-25(29)19(21)2/h10-11,18,22-25,28-30H,2,6-9,12-17H2,1,3-5H3/t18?,22?,23?,24?,25-,27+/m0/s1. The van der Waals surface area contributed by atoms with Gasteiger partial charge in [0.25, 0.3) is 0 Å². The predicted octanol–water partition coefficient (Wildman–Crippen LogP) is 5.70. The van der Waals surface area contributed by atoms with Gasteiger partial charge in [-0.05, 0) is 93.1 Å². The number of rotatable bonds is 6. The number of aliphatic hydroxyl groups is 3. The van der Waals surface area contributed by atoms with E-state index < -0.39 is 17.8 Å². The van der Waals surface area contributed by atoms with Crippen molar-refractivity contribution in [2.45, 2.75) is 110 Å². The zero-order valence-electron chi connectivity index (χ0n) is 19.7. The summed E-state index contributed by atoms with van der Waals surface area (Å²) in [4.78, 5) is 0. The molecule has 0 saturated heterocycles. The zero-order valence-corrected chi connectivity index (χ0v) is 19.7. The smallest absolute Gasteiger partial charge is 0.0811 e. The summed E-state index contributed by atoms with van der Waals surface area (Å²) in [7, 11) is 0. The van der Waals surface area contributed by atoms with Crippen molar-refractivity contribution in [3.8, 4) is 0 Å². The van der Waals surface area contributed by atoms with Gasteiger partial charge < -0.3 is 15.3 Å². The molecule has 3 fully saturated rings. The van der Waals surface area contributed by atoms with Crippen molar-refractivity contribution in [2.75, 3.05) is 0 Å². The summed E-state index contributed by atoms with van der Waals surface area (Å²) in [5.41, 5.74) is 3.17. The third kappa shape index (κ3) is 5.29. The van der Waals surface area contributed by atoms with Crippen LogP contribution in [-0.2, 0) is 0 Å². The Labute approximate surface area is 184 Å². The summed E-state index contributed by atoms with van der Waals surface area (Å²) in [5.74, 6) is 2.11. The van der Waals surface area contributed by atoms with Crippen molar-refractivity contribution in [2.24, 2.45) is 23.2 Å². The molecule has 4 unspecified atom stereocenters. The van der Waals surface area contributed by atoms with Crippen LogP contribution in [0.4, 0.5) is 0 Å². The lowest BCUT2D eigenvalue weighted by Gasteiger charge is -2.44. The summed E-state index contributed by atoms with van der Waals surface area (Å²) in [6.45, 7) is 12.8. The molecule has 0 spiro atoms. The lowest BCUT2D eigenvalue weighted by Crippen LogP contribution is -2.36. The van der Waals surface area contributed by atoms with Gasteiger partial charge in [0, 0.05) is 6.42 Å². The van der Waals surface area contributed by atoms with Gasteiger partial charge in [-0.2, -0.15) is 0 Å². The lowest BCUT2D eigenvalue weighted by molar-refractivity contribution is 0.0596. The number of hydrogen-bond donors (Lipinski definition) is 3. The van der Waals surface area contributed by atoms with Gasteiger partial charge in [-0.3, -0.25) is 0 Å². The fourth-order valence-electron chi connectivity index (χ4n) is 6.74. The molecule has 170 valence electrons. The van der Waals surface area contributed by atoms with Gasteiger partial charge >= 0.3 is 0 Å². The number of aliphatic hydroxyl groups excluding tert-OH is 2. The molecule has 3 saturated carbocycles. The van der Waals surface area contributed by atoms with Crippen LogP contribution in [0.1, 0.15) is 91.9 Å². The summed E-state index contributed by atoms with van der Waals surface area (Å²) in [5, 5.41) is 30.2. The minimum absolute atomic E-state index is 0.374. The Morgan fingerprint density at radius 1 is 1.23 bits per heavy atom. The van der Waals surface area contributed by atoms with Gasteiger partial charge in [0.05, 0.1) is 17.8 Å². The van der Waals surface area contributed by atoms with Crippen LogP contribution in [0.25, 0.3) is 0 Å². The quantitative estimate of drug-likeness (QED) is 0.520. The number of fused-ring (bicyclic) bond motifs is 1. The maximum atomic E-state index is 10.1. The average molecular weight is 417 g/mol. The summed E-state index contributed by atoms with van der Waals surface area (Å²) >= 11 is 0. The Balaban J connectivity index is 1.70. The van der Waals surface area contributed by atoms with Crippen LogP contribution in [-0.4, -0.2) is 33.1 Å². The highest BCUT2D eigenvalue weighted by atomic mass is 16.3. The molecule has 3 nitrogen and oxygen atoms in total. The van der Waals surface area contributed by atoms with E-state index in [9.17, 15) is 15.3 Å². The van der Waals surface area contributed by atoms with Gasteiger partial charge in [-0.25, -0.2) is 0 Å². The van der Waals surface area contributed by atoms with E-state index in [0.29, 0.717) is 30.1 Å². The Morgan fingerprint density at radius 3 is 2.67 bits per heavy atom. The molecular formula is C27H44O3. The molecule has 6 atom stereocenters. The zero-order chi connectivity index (χ0) is 22.1. The Morgan fingerprint density at radius 2 is 1.97 bits per heavy atom. The molecule has 0 aromatic carbocycles. The molecule has 3 heteroatoms. The SMILES string of the molecule is C=C1C(=CC=C2CCC[C@@]3(C)C2CCC3C(C)CCCC(C)(C)O)CC(O)C[C@@H]1O. The van der Waals surface area contributed by atoms with E-state index >= 15 is 0 Å². The van der Waals surface area contributed by atoms with Gasteiger partial charge in [-0.1, -0.05) is 51.0 Å². The molecular weight excluding hydrogens is 372 g/mol. The van der Waals surface area contributed by atoms with E-state index in [1.165, 1.54) is 38.5 Å². The maximum Gasteiger partial charge on any atom is 0.0811 e. The highest BCUT2D eigenvalue weighted by molar-refractivity contribution is 5.38. The van der Waals surface area contributed by atoms with E-state index in [1.807, 2.05) is 13.8 Å². The van der Waals surface area contributed by atoms with Crippen LogP contribution >= 0.6 is 0 Å². The third-order valence-corrected chi connectivity index (χ3v) is 8.44. The minimum atomic E-state index is -0.615. The first-order chi connectivity index (χ1) is 14.0. The van der Waals surface area contributed by atoms with Gasteiger partial charge in [0.2, 0.25) is 0 Å². The first-order valence-electron chi connectivity index (χ1n) is 12.2. The molecule has 0 radical (unpaired) electrons. The van der Waals surface area contributed by atoms with E-state index in [0.717, 1.165) is 29.9 Å². The van der Waals surface area contributed by atoms with Crippen molar-refractivity contribution in [3.63, 3.8) is 0 Å². The fourth-order valence-corrected chi connectivity index (χ4v) is 6.74. The van der Waals surface area contributed by atoms with Gasteiger partial charge in [-0.15, -0.1) is 0 Å². The molecule has 3 aliphatic rings. The van der Waals surface area contributed by atoms with Crippen molar-refractivity contribution in [1.82, 2.24) is 0 Å². The number of allylic oxidation sites excluding steroid dienone is 3. The monoisotopic (exact) mass is 416 g/mol. The van der Waals surface area contributed by atoms with Crippen LogP contribution in [0.5, 0.6) is 0 Å². The van der Waals surface area contributed by atoms with Crippen molar-refractivity contribution in [1.29, 1.82) is 0 Å². The topological polar surface area (TPSA) is 60.7 Å². The summed E-state index contributed by atoms with van der Waals surface area (Å²) in [6.07, 6.45) is 13.9. The van der Waals surface area contributed by atoms with E-state index in [1.54, 1.807) is 5.57 Å². The molecule has 0 aromatic rings. The second-order valence-corrected chi connectivity index (χ2v) is 11.3. The molecule has 0 amide bonds. The Bertz CT molecular complexity index is 683. The normalized spacial score (nSPS) is 38.8. The van der Waals surface area contributed by atoms with E-state index in [-0.39, 0.29) is 0 Å². The lowest BCUT2D eigenvalue weighted by atomic mass is 9.60. The van der Waals surface area contributed by atoms with E-state index in [4.69, 9.17) is 0 Å². The largest absolute Gasteiger partial charge is 0.393 e. The highest BCUT2D eigenvalue weighted by Gasteiger charge is 2.50. The molecule has 0 aliphatic heterocycles. The van der Waals surface area contributed by atoms with Crippen molar-refractivity contribution < 1.29 is 15.3 Å². The maximum absolute atomic E-state index is 10.1. The predicted molar refractivity (Wildman–Crippen MR) is 124 cm³/mol. The minimum Gasteiger partial charge on any atom is -0.393 e. The van der Waals surface area contributed by atoms with Crippen molar-refractivity contribution >= 4 is 0 Å². The molecule has 0 heterocycles. The molecule has 30 heavy (non-hydrogen) atoms. The van der Waals surface area contributed by atoms with Crippen LogP contribution < -0.4 is 0 Å². The summed E-state index contributed by atoms with van der Waals surface area (Å²) < 4.78 is 0. The van der Waals surface area contributed by atoms with Crippen LogP contribution in [0, 0.1) is 23.2 Å². The second kappa shape index (κ2) is 9.30. The second-order valence-electron chi connectivity index (χ2n) is 11.3. The number of hydrogen-bond acceptors (Lipinski definition) is 3. The van der Waals surface area contributed by atoms with Crippen LogP contribution in [0.2, 0.25) is 0 Å². The first kappa shape index (κ1) is 23.8. The molecule has 3 rings (SSSR count). The third-order valence-electron chi connectivity index (χ3n) is 8.44. The molecule has 0 aromatic heterocycles. The van der Waals surface area contributed by atoms with E-state index in [2.05, 4.69) is 32.6 Å². The van der Waals surface area contributed by atoms with Gasteiger partial charge in [0.15, 0.2) is 0 Å². The molecule has 3 aliphatic carbocycles. The van der Waals surface area contributed by atoms with Gasteiger partial charge in [0.1, 0.15) is 0 Å². The first-order valence-corrected chi connectivity index (χ1v) is 12.2. The van der Waals surface area contributed by atoms with Crippen molar-refractivity contribution in [3.05, 3.63) is 35.5 Å². The molecule has 0 bridgehead atoms. The highest BCUT2D eigenvalue weighted by Crippen LogP contribution is 2.60. The Kier molecular flexibility index (Phi) is 7.37. The van der Waals surface area contributed by atoms with Crippen LogP contribution in [0.3, 0.4) is 0 Å². The average Bonchev–Trinajstić information content (AvgIpc) is 3.00. The Hall–Kier alpha value is -0.900. The van der Waals surface area contributed by atoms with Crippen LogP contribution in [0.15, 0.2) is 35.5 Å². The summed E-state index contributed by atoms with van der Waals surface area (Å²) in [6, 6.07) is 0.